The first-order chi connectivity index (χ1) is 21.2. The number of H-pyrrole nitrogens is 1. The van der Waals surface area contributed by atoms with Gasteiger partial charge in [-0.15, -0.1) is 0 Å². The molecular weight excluding hydrogens is 564 g/mol. The topological polar surface area (TPSA) is 88.8 Å². The van der Waals surface area contributed by atoms with Gasteiger partial charge in [0.1, 0.15) is 11.6 Å². The van der Waals surface area contributed by atoms with Crippen molar-refractivity contribution in [1.82, 2.24) is 25.0 Å². The molecule has 3 fully saturated rings. The maximum Gasteiger partial charge on any atom is 0.320 e. The van der Waals surface area contributed by atoms with Gasteiger partial charge in [0.05, 0.1) is 6.04 Å². The summed E-state index contributed by atoms with van der Waals surface area (Å²) in [6, 6.07) is 15.8. The zero-order valence-electron chi connectivity index (χ0n) is 25.0. The number of piperazine rings is 1. The van der Waals surface area contributed by atoms with E-state index in [-0.39, 0.29) is 34.6 Å². The maximum atomic E-state index is 15.0. The van der Waals surface area contributed by atoms with Gasteiger partial charge in [-0.05, 0) is 55.5 Å². The molecule has 0 radical (unpaired) electrons. The van der Waals surface area contributed by atoms with E-state index in [0.29, 0.717) is 51.1 Å². The predicted molar refractivity (Wildman–Crippen MR) is 164 cm³/mol. The highest BCUT2D eigenvalue weighted by molar-refractivity contribution is 5.76. The zero-order valence-corrected chi connectivity index (χ0v) is 25.0. The molecule has 2 saturated heterocycles. The number of urea groups is 1. The molecule has 10 heteroatoms. The highest BCUT2D eigenvalue weighted by Gasteiger charge is 2.46. The number of piperidine rings is 1. The highest BCUT2D eigenvalue weighted by Crippen LogP contribution is 2.40. The van der Waals surface area contributed by atoms with Crippen LogP contribution in [0.4, 0.5) is 13.6 Å². The third-order valence-electron chi connectivity index (χ3n) is 9.61. The quantitative estimate of drug-likeness (QED) is 0.419. The molecule has 0 unspecified atom stereocenters. The summed E-state index contributed by atoms with van der Waals surface area (Å²) in [5.74, 6) is -1.33. The SMILES string of the molecule is CC(=O)N[C@@H]1CCN(C(=O)N2CCN(Cc3ccc(-c4ccccc4)[nH]c3=O)C3(CCCC3)C2)[C@H](c2cc(F)ccc2F)C1. The number of hydrogen-bond donors (Lipinski definition) is 2. The lowest BCUT2D eigenvalue weighted by molar-refractivity contribution is -0.120. The number of nitrogens with one attached hydrogen (secondary N) is 2. The van der Waals surface area contributed by atoms with Crippen molar-refractivity contribution >= 4 is 11.9 Å². The van der Waals surface area contributed by atoms with Crippen molar-refractivity contribution in [3.05, 3.63) is 93.8 Å². The van der Waals surface area contributed by atoms with Crippen LogP contribution in [0, 0.1) is 11.6 Å². The molecule has 0 bridgehead atoms. The van der Waals surface area contributed by atoms with Crippen LogP contribution in [0.2, 0.25) is 0 Å². The molecule has 2 atom stereocenters. The van der Waals surface area contributed by atoms with Crippen molar-refractivity contribution < 1.29 is 18.4 Å². The molecule has 2 N–H and O–H groups in total. The van der Waals surface area contributed by atoms with Crippen LogP contribution in [0.1, 0.15) is 62.6 Å². The number of likely N-dealkylation sites (tertiary alicyclic amines) is 1. The van der Waals surface area contributed by atoms with E-state index in [1.54, 1.807) is 4.90 Å². The first-order valence-electron chi connectivity index (χ1n) is 15.5. The van der Waals surface area contributed by atoms with Gasteiger partial charge in [-0.1, -0.05) is 49.2 Å². The van der Waals surface area contributed by atoms with Crippen molar-refractivity contribution in [1.29, 1.82) is 0 Å². The summed E-state index contributed by atoms with van der Waals surface area (Å²) in [6.07, 6.45) is 4.76. The number of pyridine rings is 1. The first kappa shape index (κ1) is 30.0. The van der Waals surface area contributed by atoms with Crippen LogP contribution >= 0.6 is 0 Å². The number of aromatic amines is 1. The maximum absolute atomic E-state index is 15.0. The molecule has 3 heterocycles. The van der Waals surface area contributed by atoms with Crippen molar-refractivity contribution in [2.45, 2.75) is 69.6 Å². The fourth-order valence-electron chi connectivity index (χ4n) is 7.41. The molecule has 1 aliphatic carbocycles. The largest absolute Gasteiger partial charge is 0.353 e. The second kappa shape index (κ2) is 12.5. The van der Waals surface area contributed by atoms with Gasteiger partial charge >= 0.3 is 6.03 Å². The van der Waals surface area contributed by atoms with Crippen LogP contribution in [0.3, 0.4) is 0 Å². The lowest BCUT2D eigenvalue weighted by Crippen LogP contribution is -2.64. The Balaban J connectivity index is 1.21. The smallest absolute Gasteiger partial charge is 0.320 e. The minimum atomic E-state index is -0.706. The fourth-order valence-corrected chi connectivity index (χ4v) is 7.41. The Kier molecular flexibility index (Phi) is 8.53. The second-order valence-corrected chi connectivity index (χ2v) is 12.4. The van der Waals surface area contributed by atoms with Gasteiger partial charge in [0.2, 0.25) is 5.91 Å². The number of rotatable bonds is 5. The number of carbonyl (C=O) groups is 2. The van der Waals surface area contributed by atoms with Crippen molar-refractivity contribution in [2.75, 3.05) is 26.2 Å². The normalized spacial score (nSPS) is 21.9. The summed E-state index contributed by atoms with van der Waals surface area (Å²) < 4.78 is 29.3. The Morgan fingerprint density at radius 2 is 1.77 bits per heavy atom. The molecule has 1 saturated carbocycles. The monoisotopic (exact) mass is 603 g/mol. The second-order valence-electron chi connectivity index (χ2n) is 12.4. The molecule has 3 aliphatic rings. The van der Waals surface area contributed by atoms with E-state index in [0.717, 1.165) is 55.1 Å². The third kappa shape index (κ3) is 6.13. The Hall–Kier alpha value is -4.05. The number of aromatic nitrogens is 1. The Morgan fingerprint density at radius 1 is 1.00 bits per heavy atom. The summed E-state index contributed by atoms with van der Waals surface area (Å²) in [6.45, 7) is 3.82. The summed E-state index contributed by atoms with van der Waals surface area (Å²) in [5.41, 5.74) is 2.18. The lowest BCUT2D eigenvalue weighted by Gasteiger charge is -2.51. The van der Waals surface area contributed by atoms with E-state index >= 15 is 4.39 Å². The van der Waals surface area contributed by atoms with Gasteiger partial charge in [0.15, 0.2) is 0 Å². The van der Waals surface area contributed by atoms with Crippen LogP contribution in [-0.4, -0.2) is 69.4 Å². The average molecular weight is 604 g/mol. The minimum absolute atomic E-state index is 0.111. The highest BCUT2D eigenvalue weighted by atomic mass is 19.1. The molecule has 6 rings (SSSR count). The van der Waals surface area contributed by atoms with Gasteiger partial charge in [-0.3, -0.25) is 14.5 Å². The van der Waals surface area contributed by atoms with Crippen LogP contribution in [-0.2, 0) is 11.3 Å². The average Bonchev–Trinajstić information content (AvgIpc) is 3.48. The fraction of sp³-hybridized carbons (Fsp3) is 0.441. The predicted octanol–water partition coefficient (Wildman–Crippen LogP) is 5.21. The summed E-state index contributed by atoms with van der Waals surface area (Å²) in [4.78, 5) is 48.0. The molecule has 3 aromatic rings. The Morgan fingerprint density at radius 3 is 2.50 bits per heavy atom. The van der Waals surface area contributed by atoms with E-state index in [1.165, 1.54) is 6.92 Å². The van der Waals surface area contributed by atoms with E-state index in [1.807, 2.05) is 47.4 Å². The molecule has 2 aliphatic heterocycles. The number of amides is 3. The summed E-state index contributed by atoms with van der Waals surface area (Å²) in [5, 5.41) is 2.90. The number of nitrogens with zero attached hydrogens (tertiary/aromatic N) is 3. The number of carbonyl (C=O) groups excluding carboxylic acids is 2. The standard InChI is InChI=1S/C34H39F2N5O3/c1-23(42)37-27-13-16-41(31(20-27)28-19-26(35)10-11-29(28)36)33(44)39-17-18-40(34(22-39)14-5-6-15-34)21-25-9-12-30(38-32(25)43)24-7-3-2-4-8-24/h2-4,7-12,19,27,31H,5-6,13-18,20-22H2,1H3,(H,37,42)(H,38,43)/t27-,31+/m1/s1. The van der Waals surface area contributed by atoms with E-state index < -0.39 is 17.7 Å². The Labute approximate surface area is 256 Å². The molecule has 1 spiro atoms. The molecule has 8 nitrogen and oxygen atoms in total. The van der Waals surface area contributed by atoms with Gasteiger partial charge in [-0.25, -0.2) is 13.6 Å². The van der Waals surface area contributed by atoms with Crippen molar-refractivity contribution in [3.8, 4) is 11.3 Å². The van der Waals surface area contributed by atoms with E-state index in [2.05, 4.69) is 15.2 Å². The molecule has 2 aromatic carbocycles. The third-order valence-corrected chi connectivity index (χ3v) is 9.61. The van der Waals surface area contributed by atoms with Crippen LogP contribution in [0.25, 0.3) is 11.3 Å². The summed E-state index contributed by atoms with van der Waals surface area (Å²) >= 11 is 0. The lowest BCUT2D eigenvalue weighted by atomic mass is 9.90. The first-order valence-corrected chi connectivity index (χ1v) is 15.5. The van der Waals surface area contributed by atoms with Crippen LogP contribution in [0.5, 0.6) is 0 Å². The van der Waals surface area contributed by atoms with Crippen LogP contribution < -0.4 is 10.9 Å². The van der Waals surface area contributed by atoms with Gasteiger partial charge in [0.25, 0.3) is 5.56 Å². The molecule has 232 valence electrons. The summed E-state index contributed by atoms with van der Waals surface area (Å²) in [7, 11) is 0. The van der Waals surface area contributed by atoms with Crippen LogP contribution in [0.15, 0.2) is 65.5 Å². The molecule has 44 heavy (non-hydrogen) atoms. The van der Waals surface area contributed by atoms with Gasteiger partial charge in [0, 0.05) is 68.0 Å². The molecule has 3 amide bonds. The van der Waals surface area contributed by atoms with Crippen molar-refractivity contribution in [2.24, 2.45) is 0 Å². The number of benzene rings is 2. The van der Waals surface area contributed by atoms with E-state index in [9.17, 15) is 18.8 Å². The minimum Gasteiger partial charge on any atom is -0.353 e. The Bertz CT molecular complexity index is 1570. The molecule has 1 aromatic heterocycles. The van der Waals surface area contributed by atoms with E-state index in [4.69, 9.17) is 0 Å². The number of hydrogen-bond acceptors (Lipinski definition) is 4. The van der Waals surface area contributed by atoms with Gasteiger partial charge < -0.3 is 20.1 Å². The molecular formula is C34H39F2N5O3. The zero-order chi connectivity index (χ0) is 30.8. The van der Waals surface area contributed by atoms with Gasteiger partial charge in [-0.2, -0.15) is 0 Å². The number of halogens is 2. The van der Waals surface area contributed by atoms with Crippen molar-refractivity contribution in [3.63, 3.8) is 0 Å².